The van der Waals surface area contributed by atoms with E-state index in [9.17, 15) is 0 Å². The summed E-state index contributed by atoms with van der Waals surface area (Å²) in [5.41, 5.74) is 7.84. The van der Waals surface area contributed by atoms with Gasteiger partial charge in [-0.05, 0) is 30.9 Å². The molecule has 2 aromatic rings. The van der Waals surface area contributed by atoms with E-state index in [1.165, 1.54) is 0 Å². The van der Waals surface area contributed by atoms with Crippen LogP contribution in [0, 0.1) is 0 Å². The quantitative estimate of drug-likeness (QED) is 0.899. The molecule has 1 aromatic carbocycles. The molecule has 1 saturated carbocycles. The van der Waals surface area contributed by atoms with Gasteiger partial charge in [-0.25, -0.2) is 4.98 Å². The average Bonchev–Trinajstić information content (AvgIpc) is 3.10. The number of benzene rings is 1. The summed E-state index contributed by atoms with van der Waals surface area (Å²) >= 11 is 6.37. The first-order valence-electron chi connectivity index (χ1n) is 7.92. The van der Waals surface area contributed by atoms with Gasteiger partial charge >= 0.3 is 0 Å². The van der Waals surface area contributed by atoms with Crippen molar-refractivity contribution in [2.24, 2.45) is 0 Å². The van der Waals surface area contributed by atoms with Gasteiger partial charge in [0.25, 0.3) is 0 Å². The maximum atomic E-state index is 6.37. The predicted molar refractivity (Wildman–Crippen MR) is 90.6 cm³/mol. The summed E-state index contributed by atoms with van der Waals surface area (Å²) in [5.74, 6) is 1.36. The number of hydrogen-bond acceptors (Lipinski definition) is 5. The standard InChI is InChI=1S/C17H19ClN4O/c18-13-4-2-1-3-12(13)17(6-7-17)22-15-9-14(20-16(19)21-15)11-5-8-23-10-11/h1-4,9,11H,5-8,10H2,(H3,19,20,21,22)/t11-/m0/s1. The summed E-state index contributed by atoms with van der Waals surface area (Å²) in [7, 11) is 0. The van der Waals surface area contributed by atoms with E-state index in [0.29, 0.717) is 18.5 Å². The number of ether oxygens (including phenoxy) is 1. The van der Waals surface area contributed by atoms with Crippen LogP contribution in [0.5, 0.6) is 0 Å². The molecule has 2 heterocycles. The summed E-state index contributed by atoms with van der Waals surface area (Å²) < 4.78 is 5.45. The second kappa shape index (κ2) is 5.65. The highest BCUT2D eigenvalue weighted by molar-refractivity contribution is 6.31. The van der Waals surface area contributed by atoms with Gasteiger partial charge in [-0.1, -0.05) is 29.8 Å². The Morgan fingerprint density at radius 3 is 2.78 bits per heavy atom. The Balaban J connectivity index is 1.63. The number of halogens is 1. The van der Waals surface area contributed by atoms with Crippen molar-refractivity contribution in [1.82, 2.24) is 9.97 Å². The molecule has 2 aliphatic rings. The highest BCUT2D eigenvalue weighted by Gasteiger charge is 2.46. The van der Waals surface area contributed by atoms with Crippen molar-refractivity contribution in [2.45, 2.75) is 30.7 Å². The molecular weight excluding hydrogens is 312 g/mol. The maximum absolute atomic E-state index is 6.37. The molecule has 1 saturated heterocycles. The molecule has 0 unspecified atom stereocenters. The minimum atomic E-state index is -0.136. The van der Waals surface area contributed by atoms with Gasteiger partial charge in [0.2, 0.25) is 5.95 Å². The molecule has 5 nitrogen and oxygen atoms in total. The summed E-state index contributed by atoms with van der Waals surface area (Å²) in [4.78, 5) is 8.73. The van der Waals surface area contributed by atoms with Crippen LogP contribution in [0.3, 0.4) is 0 Å². The van der Waals surface area contributed by atoms with Crippen LogP contribution in [0.15, 0.2) is 30.3 Å². The van der Waals surface area contributed by atoms with Crippen molar-refractivity contribution in [3.05, 3.63) is 46.6 Å². The maximum Gasteiger partial charge on any atom is 0.222 e. The van der Waals surface area contributed by atoms with E-state index in [4.69, 9.17) is 22.1 Å². The predicted octanol–water partition coefficient (Wildman–Crippen LogP) is 3.32. The van der Waals surface area contributed by atoms with Crippen LogP contribution in [0.25, 0.3) is 0 Å². The molecular formula is C17H19ClN4O. The first kappa shape index (κ1) is 14.7. The molecule has 1 aliphatic heterocycles. The van der Waals surface area contributed by atoms with E-state index in [0.717, 1.165) is 48.0 Å². The number of nitrogens with one attached hydrogen (secondary N) is 1. The zero-order chi connectivity index (χ0) is 15.9. The lowest BCUT2D eigenvalue weighted by atomic mass is 10.0. The van der Waals surface area contributed by atoms with Gasteiger partial charge in [0.15, 0.2) is 0 Å². The summed E-state index contributed by atoms with van der Waals surface area (Å²) in [6, 6.07) is 9.95. The van der Waals surface area contributed by atoms with Crippen LogP contribution in [-0.4, -0.2) is 23.2 Å². The van der Waals surface area contributed by atoms with Gasteiger partial charge in [0.1, 0.15) is 5.82 Å². The first-order valence-corrected chi connectivity index (χ1v) is 8.29. The third-order valence-electron chi connectivity index (χ3n) is 4.62. The van der Waals surface area contributed by atoms with Crippen LogP contribution in [0.1, 0.15) is 36.4 Å². The number of hydrogen-bond donors (Lipinski definition) is 2. The molecule has 23 heavy (non-hydrogen) atoms. The number of aromatic nitrogens is 2. The second-order valence-electron chi connectivity index (χ2n) is 6.28. The summed E-state index contributed by atoms with van der Waals surface area (Å²) in [5, 5.41) is 4.32. The van der Waals surface area contributed by atoms with Crippen LogP contribution in [0.4, 0.5) is 11.8 Å². The fourth-order valence-corrected chi connectivity index (χ4v) is 3.52. The average molecular weight is 331 g/mol. The third-order valence-corrected chi connectivity index (χ3v) is 4.95. The third kappa shape index (κ3) is 2.86. The largest absolute Gasteiger partial charge is 0.381 e. The Bertz CT molecular complexity index is 726. The molecule has 1 aromatic heterocycles. The summed E-state index contributed by atoms with van der Waals surface area (Å²) in [6.45, 7) is 1.48. The Morgan fingerprint density at radius 2 is 2.09 bits per heavy atom. The topological polar surface area (TPSA) is 73.1 Å². The molecule has 0 bridgehead atoms. The molecule has 0 amide bonds. The van der Waals surface area contributed by atoms with Crippen LogP contribution in [0.2, 0.25) is 5.02 Å². The monoisotopic (exact) mass is 330 g/mol. The Hall–Kier alpha value is -1.85. The molecule has 4 rings (SSSR count). The van der Waals surface area contributed by atoms with Gasteiger partial charge in [0.05, 0.1) is 17.8 Å². The normalized spacial score (nSPS) is 22.0. The minimum absolute atomic E-state index is 0.136. The van der Waals surface area contributed by atoms with Crippen molar-refractivity contribution in [3.63, 3.8) is 0 Å². The van der Waals surface area contributed by atoms with Crippen molar-refractivity contribution >= 4 is 23.4 Å². The Morgan fingerprint density at radius 1 is 1.26 bits per heavy atom. The first-order chi connectivity index (χ1) is 11.2. The van der Waals surface area contributed by atoms with Gasteiger partial charge in [0, 0.05) is 23.6 Å². The molecule has 6 heteroatoms. The zero-order valence-corrected chi connectivity index (χ0v) is 13.5. The Kier molecular flexibility index (Phi) is 3.62. The van der Waals surface area contributed by atoms with Crippen molar-refractivity contribution < 1.29 is 4.74 Å². The fourth-order valence-electron chi connectivity index (χ4n) is 3.21. The number of anilines is 2. The fraction of sp³-hybridized carbons (Fsp3) is 0.412. The molecule has 0 radical (unpaired) electrons. The molecule has 120 valence electrons. The molecule has 2 fully saturated rings. The number of nitrogens with two attached hydrogens (primary N) is 1. The molecule has 0 spiro atoms. The highest BCUT2D eigenvalue weighted by atomic mass is 35.5. The van der Waals surface area contributed by atoms with E-state index in [2.05, 4.69) is 21.4 Å². The minimum Gasteiger partial charge on any atom is -0.381 e. The van der Waals surface area contributed by atoms with E-state index < -0.39 is 0 Å². The van der Waals surface area contributed by atoms with E-state index in [-0.39, 0.29) is 5.54 Å². The van der Waals surface area contributed by atoms with E-state index in [1.807, 2.05) is 24.3 Å². The van der Waals surface area contributed by atoms with Crippen molar-refractivity contribution in [1.29, 1.82) is 0 Å². The molecule has 3 N–H and O–H groups in total. The molecule has 1 aliphatic carbocycles. The number of rotatable bonds is 4. The van der Waals surface area contributed by atoms with Crippen LogP contribution in [-0.2, 0) is 10.3 Å². The molecule has 1 atom stereocenters. The lowest BCUT2D eigenvalue weighted by Gasteiger charge is -2.21. The van der Waals surface area contributed by atoms with Crippen molar-refractivity contribution in [2.75, 3.05) is 24.3 Å². The van der Waals surface area contributed by atoms with Crippen molar-refractivity contribution in [3.8, 4) is 0 Å². The van der Waals surface area contributed by atoms with E-state index >= 15 is 0 Å². The van der Waals surface area contributed by atoms with Gasteiger partial charge < -0.3 is 15.8 Å². The second-order valence-corrected chi connectivity index (χ2v) is 6.69. The van der Waals surface area contributed by atoms with Crippen LogP contribution >= 0.6 is 11.6 Å². The SMILES string of the molecule is Nc1nc(NC2(c3ccccc3Cl)CC2)cc([C@H]2CCOC2)n1. The highest BCUT2D eigenvalue weighted by Crippen LogP contribution is 2.50. The van der Waals surface area contributed by atoms with Gasteiger partial charge in [-0.15, -0.1) is 0 Å². The van der Waals surface area contributed by atoms with Gasteiger partial charge in [-0.3, -0.25) is 0 Å². The smallest absolute Gasteiger partial charge is 0.222 e. The lowest BCUT2D eigenvalue weighted by Crippen LogP contribution is -2.21. The van der Waals surface area contributed by atoms with E-state index in [1.54, 1.807) is 0 Å². The Labute approximate surface area is 140 Å². The lowest BCUT2D eigenvalue weighted by molar-refractivity contribution is 0.193. The van der Waals surface area contributed by atoms with Crippen LogP contribution < -0.4 is 11.1 Å². The number of nitrogen functional groups attached to an aromatic ring is 1. The van der Waals surface area contributed by atoms with Gasteiger partial charge in [-0.2, -0.15) is 4.98 Å². The summed E-state index contributed by atoms with van der Waals surface area (Å²) in [6.07, 6.45) is 3.04. The zero-order valence-electron chi connectivity index (χ0n) is 12.8. The number of nitrogens with zero attached hydrogens (tertiary/aromatic N) is 2.